The summed E-state index contributed by atoms with van der Waals surface area (Å²) in [5.41, 5.74) is 7.07. The Morgan fingerprint density at radius 1 is 1.09 bits per heavy atom. The molecule has 3 amide bonds. The maximum absolute atomic E-state index is 12.7. The van der Waals surface area contributed by atoms with Crippen molar-refractivity contribution in [2.45, 2.75) is 12.5 Å². The lowest BCUT2D eigenvalue weighted by Gasteiger charge is -2.26. The first-order valence-electron chi connectivity index (χ1n) is 11.2. The fourth-order valence-electron chi connectivity index (χ4n) is 4.05. The zero-order chi connectivity index (χ0) is 24.1. The Morgan fingerprint density at radius 3 is 2.50 bits per heavy atom. The van der Waals surface area contributed by atoms with E-state index < -0.39 is 5.91 Å². The summed E-state index contributed by atoms with van der Waals surface area (Å²) in [5.74, 6) is 0.151. The summed E-state index contributed by atoms with van der Waals surface area (Å²) < 4.78 is 5.30. The van der Waals surface area contributed by atoms with Crippen molar-refractivity contribution in [3.05, 3.63) is 60.2 Å². The Balaban J connectivity index is 1.48. The van der Waals surface area contributed by atoms with Crippen molar-refractivity contribution < 1.29 is 19.1 Å². The number of pyridine rings is 1. The molecule has 34 heavy (non-hydrogen) atoms. The number of hydrogen-bond acceptors (Lipinski definition) is 7. The summed E-state index contributed by atoms with van der Waals surface area (Å²) in [5, 5.41) is 6.05. The van der Waals surface area contributed by atoms with Gasteiger partial charge in [-0.05, 0) is 48.9 Å². The lowest BCUT2D eigenvalue weighted by Crippen LogP contribution is -2.40. The zero-order valence-corrected chi connectivity index (χ0v) is 18.8. The number of rotatable bonds is 7. The van der Waals surface area contributed by atoms with Crippen LogP contribution < -0.4 is 21.3 Å². The first-order chi connectivity index (χ1) is 16.4. The van der Waals surface area contributed by atoms with Gasteiger partial charge in [-0.2, -0.15) is 0 Å². The quantitative estimate of drug-likeness (QED) is 0.526. The van der Waals surface area contributed by atoms with Crippen molar-refractivity contribution in [3.63, 3.8) is 0 Å². The van der Waals surface area contributed by atoms with Gasteiger partial charge in [0.15, 0.2) is 0 Å². The number of benzene rings is 1. The number of primary amides is 1. The van der Waals surface area contributed by atoms with Crippen molar-refractivity contribution >= 4 is 35.0 Å². The number of aromatic nitrogens is 1. The number of nitrogens with one attached hydrogen (secondary N) is 2. The molecule has 4 N–H and O–H groups in total. The number of amides is 3. The molecule has 0 saturated carbocycles. The molecule has 0 radical (unpaired) electrons. The summed E-state index contributed by atoms with van der Waals surface area (Å²) in [7, 11) is 0. The normalized spacial score (nSPS) is 17.8. The molecule has 2 aliphatic heterocycles. The lowest BCUT2D eigenvalue weighted by molar-refractivity contribution is -0.117. The second kappa shape index (κ2) is 10.3. The number of nitrogens with two attached hydrogens (primary N) is 1. The maximum Gasteiger partial charge on any atom is 0.254 e. The maximum atomic E-state index is 12.7. The van der Waals surface area contributed by atoms with Crippen LogP contribution in [0.15, 0.2) is 49.1 Å². The van der Waals surface area contributed by atoms with E-state index in [1.54, 1.807) is 41.3 Å². The monoisotopic (exact) mass is 464 g/mol. The van der Waals surface area contributed by atoms with Crippen LogP contribution in [0.1, 0.15) is 27.1 Å². The van der Waals surface area contributed by atoms with Crippen LogP contribution in [0.5, 0.6) is 0 Å². The Kier molecular flexibility index (Phi) is 7.07. The predicted molar refractivity (Wildman–Crippen MR) is 128 cm³/mol. The molecule has 0 bridgehead atoms. The number of nitrogens with zero attached hydrogens (tertiary/aromatic N) is 3. The van der Waals surface area contributed by atoms with Gasteiger partial charge in [0, 0.05) is 43.5 Å². The molecule has 2 aromatic rings. The molecule has 0 aliphatic carbocycles. The summed E-state index contributed by atoms with van der Waals surface area (Å²) >= 11 is 0. The van der Waals surface area contributed by atoms with Crippen LogP contribution in [-0.4, -0.2) is 73.0 Å². The Labute approximate surface area is 197 Å². The fraction of sp³-hybridized carbons (Fsp3) is 0.333. The molecule has 178 valence electrons. The highest BCUT2D eigenvalue weighted by Gasteiger charge is 2.25. The number of hydrogen-bond donors (Lipinski definition) is 3. The number of ether oxygens (including phenoxy) is 1. The molecule has 2 saturated heterocycles. The van der Waals surface area contributed by atoms with Crippen LogP contribution in [0.4, 0.5) is 17.3 Å². The number of carbonyl (C=O) groups excluding carboxylic acids is 3. The largest absolute Gasteiger partial charge is 0.378 e. The van der Waals surface area contributed by atoms with Gasteiger partial charge in [0.2, 0.25) is 5.91 Å². The van der Waals surface area contributed by atoms with Crippen LogP contribution in [0.2, 0.25) is 0 Å². The second-order valence-corrected chi connectivity index (χ2v) is 8.18. The zero-order valence-electron chi connectivity index (χ0n) is 18.8. The molecule has 2 aliphatic rings. The van der Waals surface area contributed by atoms with Gasteiger partial charge in [-0.3, -0.25) is 14.4 Å². The molecule has 0 spiro atoms. The fourth-order valence-corrected chi connectivity index (χ4v) is 4.05. The van der Waals surface area contributed by atoms with Gasteiger partial charge in [0.1, 0.15) is 11.6 Å². The Hall–Kier alpha value is -3.92. The van der Waals surface area contributed by atoms with E-state index >= 15 is 0 Å². The van der Waals surface area contributed by atoms with Gasteiger partial charge >= 0.3 is 0 Å². The third-order valence-electron chi connectivity index (χ3n) is 5.88. The minimum atomic E-state index is -0.599. The van der Waals surface area contributed by atoms with E-state index in [9.17, 15) is 14.4 Å². The number of morpholine rings is 1. The van der Waals surface area contributed by atoms with Gasteiger partial charge in [0.25, 0.3) is 11.8 Å². The van der Waals surface area contributed by atoms with Crippen molar-refractivity contribution in [2.75, 3.05) is 49.6 Å². The summed E-state index contributed by atoms with van der Waals surface area (Å²) in [6.07, 6.45) is 2.03. The summed E-state index contributed by atoms with van der Waals surface area (Å²) in [4.78, 5) is 44.7. The molecular weight excluding hydrogens is 436 g/mol. The molecule has 0 unspecified atom stereocenters. The van der Waals surface area contributed by atoms with E-state index in [2.05, 4.69) is 22.2 Å². The van der Waals surface area contributed by atoms with E-state index in [0.29, 0.717) is 62.3 Å². The molecule has 1 aromatic heterocycles. The standard InChI is InChI=1S/C24H28N6O4/c1-2-21(31)26-18-9-10-30(15-18)20-8-7-19(22(25)32)23(28-20)27-17-5-3-16(4-6-17)24(33)29-11-13-34-14-12-29/h2-8,18H,1,9-15H2,(H2,25,32)(H,26,31)(H,27,28)/t18-/m0/s1. The molecule has 3 heterocycles. The Morgan fingerprint density at radius 2 is 1.82 bits per heavy atom. The van der Waals surface area contributed by atoms with Gasteiger partial charge in [-0.1, -0.05) is 6.58 Å². The summed E-state index contributed by atoms with van der Waals surface area (Å²) in [6.45, 7) is 7.03. The molecule has 4 rings (SSSR count). The second-order valence-electron chi connectivity index (χ2n) is 8.18. The van der Waals surface area contributed by atoms with Crippen molar-refractivity contribution in [3.8, 4) is 0 Å². The van der Waals surface area contributed by atoms with E-state index in [1.807, 2.05) is 4.90 Å². The molecular formula is C24H28N6O4. The van der Waals surface area contributed by atoms with Gasteiger partial charge in [-0.15, -0.1) is 0 Å². The highest BCUT2D eigenvalue weighted by atomic mass is 16.5. The third kappa shape index (κ3) is 5.34. The van der Waals surface area contributed by atoms with Gasteiger partial charge in [0.05, 0.1) is 18.8 Å². The molecule has 1 atom stereocenters. The van der Waals surface area contributed by atoms with Gasteiger partial charge in [-0.25, -0.2) is 4.98 Å². The molecule has 10 nitrogen and oxygen atoms in total. The highest BCUT2D eigenvalue weighted by molar-refractivity contribution is 5.99. The van der Waals surface area contributed by atoms with Gasteiger partial charge < -0.3 is 30.9 Å². The van der Waals surface area contributed by atoms with Crippen molar-refractivity contribution in [1.29, 1.82) is 0 Å². The van der Waals surface area contributed by atoms with E-state index in [4.69, 9.17) is 10.5 Å². The molecule has 1 aromatic carbocycles. The van der Waals surface area contributed by atoms with E-state index in [0.717, 1.165) is 6.42 Å². The predicted octanol–water partition coefficient (Wildman–Crippen LogP) is 1.28. The number of anilines is 3. The van der Waals surface area contributed by atoms with E-state index in [-0.39, 0.29) is 23.4 Å². The topological polar surface area (TPSA) is 130 Å². The average molecular weight is 465 g/mol. The highest BCUT2D eigenvalue weighted by Crippen LogP contribution is 2.25. The van der Waals surface area contributed by atoms with Crippen LogP contribution >= 0.6 is 0 Å². The first kappa shape index (κ1) is 23.2. The molecule has 10 heteroatoms. The van der Waals surface area contributed by atoms with Crippen LogP contribution in [0.3, 0.4) is 0 Å². The SMILES string of the molecule is C=CC(=O)N[C@H]1CCN(c2ccc(C(N)=O)c(Nc3ccc(C(=O)N4CCOCC4)cc3)n2)C1. The third-order valence-corrected chi connectivity index (χ3v) is 5.88. The van der Waals surface area contributed by atoms with Crippen LogP contribution in [-0.2, 0) is 9.53 Å². The molecule has 2 fully saturated rings. The van der Waals surface area contributed by atoms with Crippen molar-refractivity contribution in [1.82, 2.24) is 15.2 Å². The first-order valence-corrected chi connectivity index (χ1v) is 11.2. The van der Waals surface area contributed by atoms with Crippen LogP contribution in [0.25, 0.3) is 0 Å². The average Bonchev–Trinajstić information content (AvgIpc) is 3.32. The van der Waals surface area contributed by atoms with Crippen LogP contribution in [0, 0.1) is 0 Å². The minimum absolute atomic E-state index is 0.00364. The summed E-state index contributed by atoms with van der Waals surface area (Å²) in [6, 6.07) is 10.4. The number of carbonyl (C=O) groups is 3. The Bertz CT molecular complexity index is 1080. The van der Waals surface area contributed by atoms with E-state index in [1.165, 1.54) is 6.08 Å². The van der Waals surface area contributed by atoms with Crippen molar-refractivity contribution in [2.24, 2.45) is 5.73 Å². The minimum Gasteiger partial charge on any atom is -0.378 e. The lowest BCUT2D eigenvalue weighted by atomic mass is 10.1. The smallest absolute Gasteiger partial charge is 0.254 e.